The summed E-state index contributed by atoms with van der Waals surface area (Å²) >= 11 is 0. The van der Waals surface area contributed by atoms with Crippen LogP contribution in [0.3, 0.4) is 0 Å². The van der Waals surface area contributed by atoms with Crippen LogP contribution in [0.4, 0.5) is 11.6 Å². The maximum Gasteiger partial charge on any atom is 0.256 e. The first-order chi connectivity index (χ1) is 10.7. The number of benzene rings is 1. The molecule has 0 saturated carbocycles. The standard InChI is InChI=1S/C17H22N4O/c1-4-20(5-2)16(22)14-12-18-17(19-13-14)21(6-3)15-10-8-7-9-11-15/h7-13H,4-6H2,1-3H3. The molecule has 0 aliphatic heterocycles. The molecule has 5 heteroatoms. The molecule has 0 atom stereocenters. The second-order valence-electron chi connectivity index (χ2n) is 4.83. The fraction of sp³-hybridized carbons (Fsp3) is 0.353. The number of anilines is 2. The van der Waals surface area contributed by atoms with Gasteiger partial charge in [0.2, 0.25) is 5.95 Å². The lowest BCUT2D eigenvalue weighted by Gasteiger charge is -2.21. The van der Waals surface area contributed by atoms with Crippen LogP contribution in [0.25, 0.3) is 0 Å². The van der Waals surface area contributed by atoms with Gasteiger partial charge in [-0.25, -0.2) is 9.97 Å². The second kappa shape index (κ2) is 7.54. The van der Waals surface area contributed by atoms with Crippen molar-refractivity contribution in [1.82, 2.24) is 14.9 Å². The molecule has 0 aliphatic carbocycles. The Labute approximate surface area is 131 Å². The summed E-state index contributed by atoms with van der Waals surface area (Å²) in [6, 6.07) is 9.97. The number of amides is 1. The zero-order chi connectivity index (χ0) is 15.9. The first-order valence-electron chi connectivity index (χ1n) is 7.65. The van der Waals surface area contributed by atoms with Crippen molar-refractivity contribution < 1.29 is 4.79 Å². The number of para-hydroxylation sites is 1. The molecule has 1 aromatic heterocycles. The lowest BCUT2D eigenvalue weighted by atomic mass is 10.3. The van der Waals surface area contributed by atoms with Crippen LogP contribution in [0.2, 0.25) is 0 Å². The van der Waals surface area contributed by atoms with Gasteiger partial charge in [-0.05, 0) is 32.9 Å². The molecule has 116 valence electrons. The van der Waals surface area contributed by atoms with Crippen LogP contribution < -0.4 is 4.90 Å². The summed E-state index contributed by atoms with van der Waals surface area (Å²) in [5.74, 6) is 0.573. The first kappa shape index (κ1) is 15.9. The molecular formula is C17H22N4O. The molecule has 0 N–H and O–H groups in total. The van der Waals surface area contributed by atoms with Gasteiger partial charge >= 0.3 is 0 Å². The highest BCUT2D eigenvalue weighted by molar-refractivity contribution is 5.93. The van der Waals surface area contributed by atoms with Gasteiger partial charge in [0.25, 0.3) is 5.91 Å². The molecule has 1 aromatic carbocycles. The largest absolute Gasteiger partial charge is 0.339 e. The lowest BCUT2D eigenvalue weighted by molar-refractivity contribution is 0.0772. The number of hydrogen-bond acceptors (Lipinski definition) is 4. The SMILES string of the molecule is CCN(CC)C(=O)c1cnc(N(CC)c2ccccc2)nc1. The topological polar surface area (TPSA) is 49.3 Å². The van der Waals surface area contributed by atoms with E-state index in [1.807, 2.05) is 56.0 Å². The van der Waals surface area contributed by atoms with Gasteiger partial charge in [0.05, 0.1) is 5.56 Å². The Hall–Kier alpha value is -2.43. The van der Waals surface area contributed by atoms with Gasteiger partial charge in [0.1, 0.15) is 0 Å². The van der Waals surface area contributed by atoms with Crippen LogP contribution in [0.15, 0.2) is 42.7 Å². The highest BCUT2D eigenvalue weighted by atomic mass is 16.2. The summed E-state index contributed by atoms with van der Waals surface area (Å²) in [4.78, 5) is 24.8. The molecule has 0 radical (unpaired) electrons. The molecule has 0 spiro atoms. The Morgan fingerprint density at radius 1 is 0.955 bits per heavy atom. The zero-order valence-corrected chi connectivity index (χ0v) is 13.4. The molecule has 2 rings (SSSR count). The predicted molar refractivity (Wildman–Crippen MR) is 88.4 cm³/mol. The molecular weight excluding hydrogens is 276 g/mol. The monoisotopic (exact) mass is 298 g/mol. The summed E-state index contributed by atoms with van der Waals surface area (Å²) in [5, 5.41) is 0. The Kier molecular flexibility index (Phi) is 5.47. The number of aromatic nitrogens is 2. The highest BCUT2D eigenvalue weighted by Crippen LogP contribution is 2.20. The lowest BCUT2D eigenvalue weighted by Crippen LogP contribution is -2.30. The Bertz CT molecular complexity index is 594. The quantitative estimate of drug-likeness (QED) is 0.822. The summed E-state index contributed by atoms with van der Waals surface area (Å²) in [6.07, 6.45) is 3.21. The van der Waals surface area contributed by atoms with E-state index in [1.54, 1.807) is 17.3 Å². The summed E-state index contributed by atoms with van der Waals surface area (Å²) in [7, 11) is 0. The highest BCUT2D eigenvalue weighted by Gasteiger charge is 2.15. The molecule has 0 unspecified atom stereocenters. The summed E-state index contributed by atoms with van der Waals surface area (Å²) in [5.41, 5.74) is 1.56. The fourth-order valence-electron chi connectivity index (χ4n) is 2.31. The zero-order valence-electron chi connectivity index (χ0n) is 13.4. The molecule has 0 bridgehead atoms. The van der Waals surface area contributed by atoms with Crippen LogP contribution >= 0.6 is 0 Å². The molecule has 1 heterocycles. The van der Waals surface area contributed by atoms with Gasteiger partial charge in [-0.3, -0.25) is 4.79 Å². The third-order valence-electron chi connectivity index (χ3n) is 3.56. The van der Waals surface area contributed by atoms with E-state index in [4.69, 9.17) is 0 Å². The van der Waals surface area contributed by atoms with Crippen molar-refractivity contribution in [2.75, 3.05) is 24.5 Å². The molecule has 0 saturated heterocycles. The molecule has 0 fully saturated rings. The van der Waals surface area contributed by atoms with Crippen molar-refractivity contribution >= 4 is 17.5 Å². The van der Waals surface area contributed by atoms with Gasteiger partial charge < -0.3 is 9.80 Å². The first-order valence-corrected chi connectivity index (χ1v) is 7.65. The number of hydrogen-bond donors (Lipinski definition) is 0. The van der Waals surface area contributed by atoms with Gasteiger partial charge in [-0.15, -0.1) is 0 Å². The predicted octanol–water partition coefficient (Wildman–Crippen LogP) is 3.12. The molecule has 2 aromatic rings. The van der Waals surface area contributed by atoms with E-state index in [0.29, 0.717) is 24.6 Å². The minimum absolute atomic E-state index is 0.0284. The normalized spacial score (nSPS) is 10.3. The van der Waals surface area contributed by atoms with Crippen LogP contribution in [-0.4, -0.2) is 40.4 Å². The average Bonchev–Trinajstić information content (AvgIpc) is 2.58. The third kappa shape index (κ3) is 3.42. The van der Waals surface area contributed by atoms with Gasteiger partial charge in [-0.2, -0.15) is 0 Å². The van der Waals surface area contributed by atoms with Gasteiger partial charge in [0, 0.05) is 37.7 Å². The summed E-state index contributed by atoms with van der Waals surface area (Å²) < 4.78 is 0. The number of carbonyl (C=O) groups is 1. The van der Waals surface area contributed by atoms with Crippen molar-refractivity contribution in [2.45, 2.75) is 20.8 Å². The van der Waals surface area contributed by atoms with E-state index in [0.717, 1.165) is 12.2 Å². The maximum atomic E-state index is 12.3. The number of rotatable bonds is 6. The van der Waals surface area contributed by atoms with E-state index in [9.17, 15) is 4.79 Å². The average molecular weight is 298 g/mol. The van der Waals surface area contributed by atoms with Crippen molar-refractivity contribution in [2.24, 2.45) is 0 Å². The minimum Gasteiger partial charge on any atom is -0.339 e. The van der Waals surface area contributed by atoms with Crippen molar-refractivity contribution in [1.29, 1.82) is 0 Å². The Morgan fingerprint density at radius 3 is 2.05 bits per heavy atom. The molecule has 1 amide bonds. The second-order valence-corrected chi connectivity index (χ2v) is 4.83. The molecule has 0 aliphatic rings. The van der Waals surface area contributed by atoms with E-state index in [1.165, 1.54) is 0 Å². The third-order valence-corrected chi connectivity index (χ3v) is 3.56. The van der Waals surface area contributed by atoms with Crippen molar-refractivity contribution in [3.05, 3.63) is 48.3 Å². The van der Waals surface area contributed by atoms with Gasteiger partial charge in [0.15, 0.2) is 0 Å². The van der Waals surface area contributed by atoms with Crippen LogP contribution in [0, 0.1) is 0 Å². The van der Waals surface area contributed by atoms with E-state index < -0.39 is 0 Å². The Morgan fingerprint density at radius 2 is 1.55 bits per heavy atom. The summed E-state index contributed by atoms with van der Waals surface area (Å²) in [6.45, 7) is 8.10. The number of carbonyl (C=O) groups excluding carboxylic acids is 1. The maximum absolute atomic E-state index is 12.3. The molecule has 22 heavy (non-hydrogen) atoms. The van der Waals surface area contributed by atoms with E-state index >= 15 is 0 Å². The van der Waals surface area contributed by atoms with Crippen molar-refractivity contribution in [3.8, 4) is 0 Å². The smallest absolute Gasteiger partial charge is 0.256 e. The van der Waals surface area contributed by atoms with E-state index in [-0.39, 0.29) is 5.91 Å². The van der Waals surface area contributed by atoms with Crippen LogP contribution in [0.5, 0.6) is 0 Å². The Balaban J connectivity index is 2.22. The fourth-order valence-corrected chi connectivity index (χ4v) is 2.31. The number of nitrogens with zero attached hydrogens (tertiary/aromatic N) is 4. The van der Waals surface area contributed by atoms with Crippen molar-refractivity contribution in [3.63, 3.8) is 0 Å². The molecule has 5 nitrogen and oxygen atoms in total. The van der Waals surface area contributed by atoms with Gasteiger partial charge in [-0.1, -0.05) is 18.2 Å². The van der Waals surface area contributed by atoms with E-state index in [2.05, 4.69) is 9.97 Å². The van der Waals surface area contributed by atoms with Crippen LogP contribution in [-0.2, 0) is 0 Å². The van der Waals surface area contributed by atoms with Crippen LogP contribution in [0.1, 0.15) is 31.1 Å². The minimum atomic E-state index is -0.0284.